The van der Waals surface area contributed by atoms with Crippen LogP contribution in [0.3, 0.4) is 0 Å². The van der Waals surface area contributed by atoms with E-state index in [1.807, 2.05) is 66.2 Å². The number of aromatic nitrogens is 1. The van der Waals surface area contributed by atoms with E-state index in [1.165, 1.54) is 0 Å². The van der Waals surface area contributed by atoms with Gasteiger partial charge in [0.25, 0.3) is 5.91 Å². The first-order valence-corrected chi connectivity index (χ1v) is 8.88. The Morgan fingerprint density at radius 2 is 1.85 bits per heavy atom. The summed E-state index contributed by atoms with van der Waals surface area (Å²) in [5, 5.41) is 6.65. The lowest BCUT2D eigenvalue weighted by Gasteiger charge is -2.23. The maximum Gasteiger partial charge on any atom is 0.254 e. The van der Waals surface area contributed by atoms with Crippen LogP contribution in [0, 0.1) is 0 Å². The summed E-state index contributed by atoms with van der Waals surface area (Å²) in [5.41, 5.74) is 3.45. The number of nitrogens with zero attached hydrogens (tertiary/aromatic N) is 1. The fourth-order valence-corrected chi connectivity index (χ4v) is 3.70. The number of carbonyl (C=O) groups is 2. The van der Waals surface area contributed by atoms with Gasteiger partial charge in [0.1, 0.15) is 6.04 Å². The Bertz CT molecular complexity index is 976. The van der Waals surface area contributed by atoms with Gasteiger partial charge in [-0.05, 0) is 24.5 Å². The molecule has 3 aromatic rings. The van der Waals surface area contributed by atoms with Crippen LogP contribution in [0.25, 0.3) is 22.2 Å². The van der Waals surface area contributed by atoms with Crippen molar-refractivity contribution in [3.05, 3.63) is 60.2 Å². The number of fused-ring (bicyclic) bond motifs is 1. The van der Waals surface area contributed by atoms with E-state index in [0.29, 0.717) is 18.5 Å². The van der Waals surface area contributed by atoms with E-state index in [1.54, 1.807) is 0 Å². The highest BCUT2D eigenvalue weighted by Gasteiger charge is 2.28. The maximum atomic E-state index is 13.2. The smallest absolute Gasteiger partial charge is 0.254 e. The number of hydrogen-bond acceptors (Lipinski definition) is 2. The van der Waals surface area contributed by atoms with Crippen molar-refractivity contribution in [2.45, 2.75) is 18.9 Å². The van der Waals surface area contributed by atoms with Gasteiger partial charge in [-0.2, -0.15) is 0 Å². The molecule has 0 radical (unpaired) electrons. The van der Waals surface area contributed by atoms with Gasteiger partial charge >= 0.3 is 0 Å². The third kappa shape index (κ3) is 2.75. The van der Waals surface area contributed by atoms with Gasteiger partial charge in [0.05, 0.1) is 11.3 Å². The molecule has 1 atom stereocenters. The summed E-state index contributed by atoms with van der Waals surface area (Å²) in [5.74, 6) is -0.311. The zero-order valence-corrected chi connectivity index (χ0v) is 14.7. The van der Waals surface area contributed by atoms with E-state index in [0.717, 1.165) is 28.6 Å². The lowest BCUT2D eigenvalue weighted by Crippen LogP contribution is -2.50. The number of para-hydroxylation sites is 1. The number of amides is 2. The van der Waals surface area contributed by atoms with Crippen LogP contribution in [0.2, 0.25) is 0 Å². The second-order valence-corrected chi connectivity index (χ2v) is 6.63. The largest absolute Gasteiger partial charge is 0.354 e. The predicted octanol–water partition coefficient (Wildman–Crippen LogP) is 2.85. The molecule has 1 saturated heterocycles. The average Bonchev–Trinajstić information content (AvgIpc) is 2.97. The van der Waals surface area contributed by atoms with Crippen LogP contribution in [0.15, 0.2) is 54.6 Å². The molecular formula is C21H21N3O2. The molecule has 5 nitrogen and oxygen atoms in total. The monoisotopic (exact) mass is 347 g/mol. The highest BCUT2D eigenvalue weighted by atomic mass is 16.2. The molecule has 0 bridgehead atoms. The van der Waals surface area contributed by atoms with Gasteiger partial charge < -0.3 is 15.2 Å². The van der Waals surface area contributed by atoms with Gasteiger partial charge in [0.2, 0.25) is 5.91 Å². The Hall–Kier alpha value is -3.08. The second kappa shape index (κ2) is 6.67. The van der Waals surface area contributed by atoms with Gasteiger partial charge in [-0.15, -0.1) is 0 Å². The predicted molar refractivity (Wildman–Crippen MR) is 102 cm³/mol. The third-order valence-electron chi connectivity index (χ3n) is 4.97. The van der Waals surface area contributed by atoms with Crippen molar-refractivity contribution in [3.8, 4) is 11.3 Å². The molecule has 1 aromatic heterocycles. The van der Waals surface area contributed by atoms with Crippen molar-refractivity contribution in [2.75, 3.05) is 6.54 Å². The van der Waals surface area contributed by atoms with Crippen LogP contribution >= 0.6 is 0 Å². The van der Waals surface area contributed by atoms with E-state index in [4.69, 9.17) is 0 Å². The fraction of sp³-hybridized carbons (Fsp3) is 0.238. The Morgan fingerprint density at radius 1 is 1.12 bits per heavy atom. The normalized spacial score (nSPS) is 17.1. The van der Waals surface area contributed by atoms with Gasteiger partial charge in [0, 0.05) is 24.5 Å². The zero-order chi connectivity index (χ0) is 18.1. The van der Waals surface area contributed by atoms with E-state index in [9.17, 15) is 9.59 Å². The van der Waals surface area contributed by atoms with Crippen LogP contribution in [0.5, 0.6) is 0 Å². The minimum atomic E-state index is -0.473. The minimum absolute atomic E-state index is 0.105. The summed E-state index contributed by atoms with van der Waals surface area (Å²) in [6.07, 6.45) is 1.54. The van der Waals surface area contributed by atoms with Crippen molar-refractivity contribution >= 4 is 22.7 Å². The first-order valence-electron chi connectivity index (χ1n) is 8.88. The number of benzene rings is 2. The lowest BCUT2D eigenvalue weighted by atomic mass is 10.0. The Morgan fingerprint density at radius 3 is 2.62 bits per heavy atom. The highest BCUT2D eigenvalue weighted by molar-refractivity contribution is 6.13. The number of carbonyl (C=O) groups excluding carboxylic acids is 2. The van der Waals surface area contributed by atoms with Gasteiger partial charge in [0.15, 0.2) is 0 Å². The van der Waals surface area contributed by atoms with Crippen LogP contribution in [-0.4, -0.2) is 29.0 Å². The first-order chi connectivity index (χ1) is 12.7. The van der Waals surface area contributed by atoms with Crippen molar-refractivity contribution in [1.29, 1.82) is 0 Å². The van der Waals surface area contributed by atoms with Crippen LogP contribution in [0.4, 0.5) is 0 Å². The average molecular weight is 347 g/mol. The molecule has 0 saturated carbocycles. The highest BCUT2D eigenvalue weighted by Crippen LogP contribution is 2.33. The third-order valence-corrected chi connectivity index (χ3v) is 4.97. The summed E-state index contributed by atoms with van der Waals surface area (Å²) < 4.78 is 2.04. The molecule has 4 rings (SSSR count). The molecule has 26 heavy (non-hydrogen) atoms. The quantitative estimate of drug-likeness (QED) is 0.765. The topological polar surface area (TPSA) is 63.1 Å². The minimum Gasteiger partial charge on any atom is -0.354 e. The van der Waals surface area contributed by atoms with Crippen LogP contribution in [0.1, 0.15) is 23.2 Å². The Kier molecular flexibility index (Phi) is 4.21. The van der Waals surface area contributed by atoms with Crippen molar-refractivity contribution in [3.63, 3.8) is 0 Å². The van der Waals surface area contributed by atoms with Crippen LogP contribution < -0.4 is 10.6 Å². The van der Waals surface area contributed by atoms with Crippen molar-refractivity contribution in [2.24, 2.45) is 7.05 Å². The maximum absolute atomic E-state index is 13.2. The van der Waals surface area contributed by atoms with Crippen molar-refractivity contribution < 1.29 is 9.59 Å². The number of nitrogens with one attached hydrogen (secondary N) is 2. The molecule has 0 aliphatic carbocycles. The Balaban J connectivity index is 1.83. The standard InChI is InChI=1S/C21H21N3O2/c1-24-17-12-6-5-10-15(17)18(19(24)14-8-3-2-4-9-14)21(26)23-16-11-7-13-22-20(16)25/h2-6,8-10,12,16H,7,11,13H2,1H3,(H,22,25)(H,23,26)/t16-/m0/s1. The van der Waals surface area contributed by atoms with Crippen molar-refractivity contribution in [1.82, 2.24) is 15.2 Å². The number of rotatable bonds is 3. The SMILES string of the molecule is Cn1c(-c2ccccc2)c(C(=O)N[C@H]2CCCNC2=O)c2ccccc21. The van der Waals surface area contributed by atoms with E-state index in [-0.39, 0.29) is 11.8 Å². The number of hydrogen-bond donors (Lipinski definition) is 2. The summed E-state index contributed by atoms with van der Waals surface area (Å²) in [4.78, 5) is 25.2. The summed E-state index contributed by atoms with van der Waals surface area (Å²) >= 11 is 0. The molecule has 5 heteroatoms. The Labute approximate surface area is 152 Å². The lowest BCUT2D eigenvalue weighted by molar-refractivity contribution is -0.124. The molecule has 1 fully saturated rings. The van der Waals surface area contributed by atoms with Crippen LogP contribution in [-0.2, 0) is 11.8 Å². The molecule has 1 aliphatic heterocycles. The molecule has 2 amide bonds. The van der Waals surface area contributed by atoms with E-state index in [2.05, 4.69) is 10.6 Å². The number of aryl methyl sites for hydroxylation is 1. The molecule has 0 spiro atoms. The molecule has 1 aliphatic rings. The first kappa shape index (κ1) is 16.4. The number of piperidine rings is 1. The summed E-state index contributed by atoms with van der Waals surface area (Å²) in [6.45, 7) is 0.675. The molecular weight excluding hydrogens is 326 g/mol. The fourth-order valence-electron chi connectivity index (χ4n) is 3.70. The van der Waals surface area contributed by atoms with Gasteiger partial charge in [-0.25, -0.2) is 0 Å². The molecule has 2 heterocycles. The summed E-state index contributed by atoms with van der Waals surface area (Å²) in [6, 6.07) is 17.3. The molecule has 2 N–H and O–H groups in total. The molecule has 2 aromatic carbocycles. The second-order valence-electron chi connectivity index (χ2n) is 6.63. The molecule has 132 valence electrons. The summed E-state index contributed by atoms with van der Waals surface area (Å²) in [7, 11) is 1.97. The van der Waals surface area contributed by atoms with E-state index >= 15 is 0 Å². The zero-order valence-electron chi connectivity index (χ0n) is 14.7. The molecule has 0 unspecified atom stereocenters. The van der Waals surface area contributed by atoms with E-state index < -0.39 is 6.04 Å². The van der Waals surface area contributed by atoms with Gasteiger partial charge in [-0.1, -0.05) is 48.5 Å². The van der Waals surface area contributed by atoms with Gasteiger partial charge in [-0.3, -0.25) is 9.59 Å².